The maximum atomic E-state index is 11.3. The summed E-state index contributed by atoms with van der Waals surface area (Å²) in [7, 11) is -4.45. The number of carbonyl (C=O) groups excluding carboxylic acids is 6. The van der Waals surface area contributed by atoms with Crippen molar-refractivity contribution >= 4 is 68.0 Å². The van der Waals surface area contributed by atoms with Crippen molar-refractivity contribution in [1.29, 1.82) is 0 Å². The van der Waals surface area contributed by atoms with Crippen molar-refractivity contribution in [2.75, 3.05) is 47.6 Å². The second-order valence-electron chi connectivity index (χ2n) is 14.2. The van der Waals surface area contributed by atoms with E-state index < -0.39 is 49.0 Å². The number of benzene rings is 3. The topological polar surface area (TPSA) is 315 Å². The van der Waals surface area contributed by atoms with Crippen LogP contribution < -0.4 is 64.4 Å². The minimum atomic E-state index is -4.58. The van der Waals surface area contributed by atoms with E-state index in [2.05, 4.69) is 63.4 Å². The van der Waals surface area contributed by atoms with E-state index in [1.807, 2.05) is 43.3 Å². The van der Waals surface area contributed by atoms with Gasteiger partial charge in [-0.2, -0.15) is 9.98 Å². The van der Waals surface area contributed by atoms with Crippen molar-refractivity contribution < 1.29 is 133 Å². The summed E-state index contributed by atoms with van der Waals surface area (Å²) in [4.78, 5) is 72.4. The third-order valence-corrected chi connectivity index (χ3v) is 10.9. The largest absolute Gasteiger partial charge is 1.00 e. The quantitative estimate of drug-likeness (QED) is 0.0582. The molecule has 4 atom stereocenters. The molecular formula is C48H69N5Na2O16S2. The first-order valence-corrected chi connectivity index (χ1v) is 24.8. The molecule has 3 aromatic rings. The van der Waals surface area contributed by atoms with Gasteiger partial charge in [-0.05, 0) is 71.6 Å². The van der Waals surface area contributed by atoms with Crippen molar-refractivity contribution in [3.63, 3.8) is 0 Å². The monoisotopic (exact) mass is 1080 g/mol. The number of ether oxygens (including phenoxy) is 4. The maximum absolute atomic E-state index is 11.3. The molecule has 0 aliphatic carbocycles. The number of hydrogen-bond acceptors (Lipinski definition) is 20. The molecule has 0 radical (unpaired) electrons. The number of rotatable bonds is 19. The third kappa shape index (κ3) is 52.3. The van der Waals surface area contributed by atoms with Gasteiger partial charge in [0.05, 0.1) is 55.7 Å². The molecule has 0 aliphatic rings. The molecule has 25 heteroatoms. The molecule has 3 rings (SSSR count). The smallest absolute Gasteiger partial charge is 0.748 e. The second kappa shape index (κ2) is 52.5. The van der Waals surface area contributed by atoms with Crippen molar-refractivity contribution in [3.8, 4) is 0 Å². The van der Waals surface area contributed by atoms with Crippen LogP contribution in [0.3, 0.4) is 0 Å². The average molecular weight is 1080 g/mol. The first kappa shape index (κ1) is 80.1. The van der Waals surface area contributed by atoms with Gasteiger partial charge in [-0.1, -0.05) is 105 Å². The summed E-state index contributed by atoms with van der Waals surface area (Å²) in [6.07, 6.45) is 5.65. The summed E-state index contributed by atoms with van der Waals surface area (Å²) in [6.45, 7) is 14.1. The molecule has 3 aromatic carbocycles. The Balaban J connectivity index is -0.000000199. The number of nitrogens with one attached hydrogen (secondary N) is 1. The number of carbonyl (C=O) groups is 2. The Hall–Kier alpha value is -4.34. The van der Waals surface area contributed by atoms with E-state index in [0.717, 1.165) is 12.0 Å². The van der Waals surface area contributed by atoms with E-state index in [0.29, 0.717) is 24.2 Å². The van der Waals surface area contributed by atoms with Crippen LogP contribution in [0.2, 0.25) is 0 Å². The normalized spacial score (nSPS) is 11.0. The third-order valence-electron chi connectivity index (χ3n) is 8.31. The second-order valence-corrected chi connectivity index (χ2v) is 17.5. The summed E-state index contributed by atoms with van der Waals surface area (Å²) in [5.74, 6) is -0.359. The average Bonchev–Trinajstić information content (AvgIpc) is 3.34. The predicted octanol–water partition coefficient (Wildman–Crippen LogP) is 1.35. The van der Waals surface area contributed by atoms with Gasteiger partial charge in [0.1, 0.15) is 13.2 Å². The Kier molecular flexibility index (Phi) is 57.6. The molecule has 73 heavy (non-hydrogen) atoms. The molecule has 0 aromatic heterocycles. The fourth-order valence-electron chi connectivity index (χ4n) is 4.49. The molecule has 0 aliphatic heterocycles. The van der Waals surface area contributed by atoms with Crippen LogP contribution in [-0.4, -0.2) is 133 Å². The Labute approximate surface area is 475 Å². The van der Waals surface area contributed by atoms with Crippen LogP contribution in [0.1, 0.15) is 83.4 Å². The van der Waals surface area contributed by atoms with Crippen LogP contribution in [-0.2, 0) is 63.2 Å². The molecule has 0 fully saturated rings. The van der Waals surface area contributed by atoms with Gasteiger partial charge in [-0.3, -0.25) is 4.79 Å². The summed E-state index contributed by atoms with van der Waals surface area (Å²) < 4.78 is 85.5. The van der Waals surface area contributed by atoms with Crippen LogP contribution in [0.25, 0.3) is 0 Å². The zero-order valence-corrected chi connectivity index (χ0v) is 49.9. The number of alkyl carbamates (subject to hydrolysis) is 1. The van der Waals surface area contributed by atoms with E-state index in [4.69, 9.17) is 28.5 Å². The van der Waals surface area contributed by atoms with E-state index >= 15 is 0 Å². The van der Waals surface area contributed by atoms with E-state index in [9.17, 15) is 45.1 Å². The van der Waals surface area contributed by atoms with Gasteiger partial charge in [-0.25, -0.2) is 50.8 Å². The van der Waals surface area contributed by atoms with Gasteiger partial charge in [0.15, 0.2) is 0 Å². The van der Waals surface area contributed by atoms with E-state index in [1.165, 1.54) is 62.7 Å². The van der Waals surface area contributed by atoms with E-state index in [-0.39, 0.29) is 104 Å². The number of aliphatic imine (C=N–C) groups is 4. The van der Waals surface area contributed by atoms with Crippen LogP contribution in [0.4, 0.5) is 16.2 Å². The zero-order valence-electron chi connectivity index (χ0n) is 44.3. The van der Waals surface area contributed by atoms with Crippen LogP contribution in [0.5, 0.6) is 0 Å². The SMILES string of the molecule is CCC(=O)OCC(C)OCCC(COC(C)COC(=O)NC)S(=O)(=O)[O-].CCCC(CC)S(=O)(=O)[O-].CN=C=O.CN=C=O.Cc1ccc(N=C=O)cc1N=C=O.Cc1ccccc1.Cc1ccccc1.[Na+].[Na+]. The standard InChI is InChI=1S/C15H29NO9S.C9H6N2O2.2C7H8.C6H14O3S.2C2H3NO.2Na/c1-5-14(17)24-8-11(2)22-7-6-13(26(19,20)21)10-23-12(3)9-25-15(18)16-4;1-7-2-3-8(10-5-12)4-9(7)11-6-13;2*1-7-5-3-2-4-6-7;1-3-5-6(4-2)10(7,8)9;2*1-3-2-4;;/h11-13H,5-10H2,1-4H3,(H,16,18)(H,19,20,21);2-4H,1H3;2*2-6H,1H3;6H,3-5H2,1-2H3,(H,7,8,9);2*1H3;;/q;;;;;;;2*+1/p-2. The summed E-state index contributed by atoms with van der Waals surface area (Å²) in [6, 6.07) is 25.4. The molecule has 0 bridgehead atoms. The molecule has 1 amide bonds. The molecule has 0 saturated carbocycles. The molecular weight excluding hydrogens is 1010 g/mol. The number of hydrogen-bond donors (Lipinski definition) is 1. The van der Waals surface area contributed by atoms with Crippen LogP contribution in [0, 0.1) is 20.8 Å². The van der Waals surface area contributed by atoms with Crippen molar-refractivity contribution in [3.05, 3.63) is 95.6 Å². The number of isocyanates is 4. The minimum Gasteiger partial charge on any atom is -0.748 e. The Bertz CT molecular complexity index is 2260. The van der Waals surface area contributed by atoms with E-state index in [1.54, 1.807) is 46.8 Å². The van der Waals surface area contributed by atoms with Gasteiger partial charge in [0.25, 0.3) is 0 Å². The van der Waals surface area contributed by atoms with Crippen LogP contribution in [0.15, 0.2) is 98.8 Å². The van der Waals surface area contributed by atoms with Crippen molar-refractivity contribution in [2.24, 2.45) is 20.0 Å². The zero-order chi connectivity index (χ0) is 55.1. The summed E-state index contributed by atoms with van der Waals surface area (Å²) >= 11 is 0. The van der Waals surface area contributed by atoms with Gasteiger partial charge < -0.3 is 33.4 Å². The summed E-state index contributed by atoms with van der Waals surface area (Å²) in [5, 5.41) is 0.293. The summed E-state index contributed by atoms with van der Waals surface area (Å²) in [5.41, 5.74) is 4.36. The van der Waals surface area contributed by atoms with Crippen LogP contribution >= 0.6 is 0 Å². The Morgan fingerprint density at radius 2 is 1.10 bits per heavy atom. The fourth-order valence-corrected chi connectivity index (χ4v) is 6.05. The minimum absolute atomic E-state index is 0. The number of amides is 1. The Morgan fingerprint density at radius 3 is 1.44 bits per heavy atom. The first-order chi connectivity index (χ1) is 33.5. The van der Waals surface area contributed by atoms with Gasteiger partial charge in [0, 0.05) is 39.4 Å². The first-order valence-electron chi connectivity index (χ1n) is 21.9. The number of aryl methyl sites for hydroxylation is 3. The molecule has 396 valence electrons. The molecule has 1 N–H and O–H groups in total. The molecule has 0 heterocycles. The fraction of sp³-hybridized carbons (Fsp3) is 0.500. The molecule has 21 nitrogen and oxygen atoms in total. The van der Waals surface area contributed by atoms with Gasteiger partial charge in [0.2, 0.25) is 24.3 Å². The number of esters is 1. The predicted molar refractivity (Wildman–Crippen MR) is 266 cm³/mol. The number of nitrogens with zero attached hydrogens (tertiary/aromatic N) is 4. The van der Waals surface area contributed by atoms with Gasteiger partial charge in [-0.15, -0.1) is 0 Å². The molecule has 0 spiro atoms. The van der Waals surface area contributed by atoms with Gasteiger partial charge >= 0.3 is 71.2 Å². The Morgan fingerprint density at radius 1 is 0.644 bits per heavy atom. The van der Waals surface area contributed by atoms with Crippen molar-refractivity contribution in [1.82, 2.24) is 5.32 Å². The maximum Gasteiger partial charge on any atom is 1.00 e. The van der Waals surface area contributed by atoms with Crippen molar-refractivity contribution in [2.45, 2.75) is 110 Å². The molecule has 4 unspecified atom stereocenters. The molecule has 0 saturated heterocycles.